The molecule has 0 spiro atoms. The molecule has 0 heterocycles. The number of aliphatic hydroxyl groups is 1. The summed E-state index contributed by atoms with van der Waals surface area (Å²) in [7, 11) is -3.67. The van der Waals surface area contributed by atoms with Gasteiger partial charge < -0.3 is 5.11 Å². The van der Waals surface area contributed by atoms with Crippen molar-refractivity contribution < 1.29 is 13.5 Å². The van der Waals surface area contributed by atoms with Crippen LogP contribution in [0, 0.1) is 11.3 Å². The zero-order valence-electron chi connectivity index (χ0n) is 12.5. The second kappa shape index (κ2) is 7.88. The van der Waals surface area contributed by atoms with Crippen molar-refractivity contribution in [2.75, 3.05) is 6.54 Å². The summed E-state index contributed by atoms with van der Waals surface area (Å²) in [6.45, 7) is -0.0584. The number of hydrogen-bond acceptors (Lipinski definition) is 4. The van der Waals surface area contributed by atoms with E-state index in [-0.39, 0.29) is 17.9 Å². The summed E-state index contributed by atoms with van der Waals surface area (Å²) in [5.74, 6) is 0. The van der Waals surface area contributed by atoms with Gasteiger partial charge in [-0.15, -0.1) is 0 Å². The van der Waals surface area contributed by atoms with Gasteiger partial charge in [0, 0.05) is 6.54 Å². The number of sulfonamides is 1. The van der Waals surface area contributed by atoms with Gasteiger partial charge in [0.15, 0.2) is 0 Å². The van der Waals surface area contributed by atoms with Crippen LogP contribution in [0.4, 0.5) is 0 Å². The Bertz CT molecular complexity index is 766. The zero-order chi connectivity index (χ0) is 16.7. The molecular formula is C17H18N2O3S. The second-order valence-electron chi connectivity index (χ2n) is 5.17. The van der Waals surface area contributed by atoms with Crippen molar-refractivity contribution in [3.63, 3.8) is 0 Å². The topological polar surface area (TPSA) is 90.2 Å². The molecule has 2 N–H and O–H groups in total. The summed E-state index contributed by atoms with van der Waals surface area (Å²) < 4.78 is 26.7. The van der Waals surface area contributed by atoms with E-state index in [0.29, 0.717) is 6.42 Å². The van der Waals surface area contributed by atoms with Crippen LogP contribution in [-0.2, 0) is 22.9 Å². The van der Waals surface area contributed by atoms with Crippen molar-refractivity contribution in [3.8, 4) is 6.07 Å². The Morgan fingerprint density at radius 2 is 1.70 bits per heavy atom. The Morgan fingerprint density at radius 3 is 2.30 bits per heavy atom. The molecule has 23 heavy (non-hydrogen) atoms. The van der Waals surface area contributed by atoms with Crippen LogP contribution >= 0.6 is 0 Å². The number of nitrogens with zero attached hydrogens (tertiary/aromatic N) is 1. The van der Waals surface area contributed by atoms with E-state index in [1.807, 2.05) is 36.4 Å². The van der Waals surface area contributed by atoms with E-state index in [9.17, 15) is 13.5 Å². The summed E-state index contributed by atoms with van der Waals surface area (Å²) in [5.41, 5.74) is 1.70. The average molecular weight is 330 g/mol. The minimum absolute atomic E-state index is 0.0584. The summed E-state index contributed by atoms with van der Waals surface area (Å²) >= 11 is 0. The molecular weight excluding hydrogens is 312 g/mol. The van der Waals surface area contributed by atoms with Crippen molar-refractivity contribution in [2.45, 2.75) is 23.8 Å². The van der Waals surface area contributed by atoms with E-state index >= 15 is 0 Å². The van der Waals surface area contributed by atoms with Gasteiger partial charge in [0.25, 0.3) is 0 Å². The quantitative estimate of drug-likeness (QED) is 0.807. The van der Waals surface area contributed by atoms with E-state index in [0.717, 1.165) is 11.1 Å². The highest BCUT2D eigenvalue weighted by atomic mass is 32.2. The van der Waals surface area contributed by atoms with Crippen LogP contribution < -0.4 is 4.72 Å². The first-order chi connectivity index (χ1) is 11.0. The van der Waals surface area contributed by atoms with E-state index in [1.165, 1.54) is 12.1 Å². The largest absolute Gasteiger partial charge is 0.391 e. The lowest BCUT2D eigenvalue weighted by Gasteiger charge is -2.12. The highest BCUT2D eigenvalue weighted by Gasteiger charge is 2.16. The van der Waals surface area contributed by atoms with Crippen LogP contribution in [0.5, 0.6) is 0 Å². The van der Waals surface area contributed by atoms with Crippen LogP contribution in [-0.4, -0.2) is 26.2 Å². The fraction of sp³-hybridized carbons (Fsp3) is 0.235. The molecule has 0 aromatic heterocycles. The number of hydrogen-bond donors (Lipinski definition) is 2. The number of aliphatic hydroxyl groups excluding tert-OH is 1. The van der Waals surface area contributed by atoms with E-state index in [1.54, 1.807) is 12.1 Å². The summed E-state index contributed by atoms with van der Waals surface area (Å²) in [6, 6.07) is 17.5. The van der Waals surface area contributed by atoms with E-state index in [4.69, 9.17) is 5.26 Å². The molecule has 1 atom stereocenters. The van der Waals surface area contributed by atoms with Gasteiger partial charge in [-0.2, -0.15) is 5.26 Å². The Labute approximate surface area is 136 Å². The van der Waals surface area contributed by atoms with Crippen LogP contribution in [0.15, 0.2) is 59.5 Å². The van der Waals surface area contributed by atoms with E-state index < -0.39 is 16.1 Å². The maximum atomic E-state index is 12.2. The van der Waals surface area contributed by atoms with Crippen molar-refractivity contribution in [2.24, 2.45) is 0 Å². The Balaban J connectivity index is 1.94. The van der Waals surface area contributed by atoms with Crippen LogP contribution in [0.2, 0.25) is 0 Å². The van der Waals surface area contributed by atoms with Crippen molar-refractivity contribution in [3.05, 3.63) is 65.7 Å². The molecule has 5 nitrogen and oxygen atoms in total. The van der Waals surface area contributed by atoms with Gasteiger partial charge in [-0.1, -0.05) is 42.5 Å². The van der Waals surface area contributed by atoms with Crippen LogP contribution in [0.3, 0.4) is 0 Å². The van der Waals surface area contributed by atoms with Crippen molar-refractivity contribution >= 4 is 10.0 Å². The molecule has 0 radical (unpaired) electrons. The Morgan fingerprint density at radius 1 is 1.04 bits per heavy atom. The smallest absolute Gasteiger partial charge is 0.240 e. The fourth-order valence-electron chi connectivity index (χ4n) is 2.13. The highest BCUT2D eigenvalue weighted by molar-refractivity contribution is 7.89. The number of benzene rings is 2. The summed E-state index contributed by atoms with van der Waals surface area (Å²) in [6.07, 6.45) is -0.182. The van der Waals surface area contributed by atoms with Gasteiger partial charge in [0.2, 0.25) is 10.0 Å². The lowest BCUT2D eigenvalue weighted by Crippen LogP contribution is -2.33. The Kier molecular flexibility index (Phi) is 5.88. The lowest BCUT2D eigenvalue weighted by molar-refractivity contribution is 0.179. The first-order valence-corrected chi connectivity index (χ1v) is 8.67. The molecule has 0 saturated carbocycles. The first-order valence-electron chi connectivity index (χ1n) is 7.19. The normalized spacial score (nSPS) is 12.5. The standard InChI is InChI=1S/C17H18N2O3S/c18-11-10-14-6-8-17(9-7-14)23(21,22)19-13-16(20)12-15-4-2-1-3-5-15/h1-9,16,19-20H,10,12-13H2/t16-/m0/s1. The molecule has 120 valence electrons. The van der Waals surface area contributed by atoms with Crippen molar-refractivity contribution in [1.82, 2.24) is 4.72 Å². The molecule has 2 aromatic carbocycles. The van der Waals surface area contributed by atoms with Gasteiger partial charge in [-0.05, 0) is 29.7 Å². The fourth-order valence-corrected chi connectivity index (χ4v) is 3.20. The van der Waals surface area contributed by atoms with Gasteiger partial charge in [-0.3, -0.25) is 0 Å². The predicted octanol–water partition coefficient (Wildman–Crippen LogP) is 1.63. The lowest BCUT2D eigenvalue weighted by atomic mass is 10.1. The minimum Gasteiger partial charge on any atom is -0.391 e. The monoisotopic (exact) mass is 330 g/mol. The second-order valence-corrected chi connectivity index (χ2v) is 6.94. The number of rotatable bonds is 7. The third kappa shape index (κ3) is 5.18. The molecule has 0 unspecified atom stereocenters. The molecule has 0 aliphatic carbocycles. The van der Waals surface area contributed by atoms with E-state index in [2.05, 4.69) is 4.72 Å². The maximum Gasteiger partial charge on any atom is 0.240 e. The summed E-state index contributed by atoms with van der Waals surface area (Å²) in [5, 5.41) is 18.6. The summed E-state index contributed by atoms with van der Waals surface area (Å²) in [4.78, 5) is 0.117. The molecule has 0 fully saturated rings. The molecule has 2 rings (SSSR count). The molecule has 6 heteroatoms. The number of nitriles is 1. The average Bonchev–Trinajstić information content (AvgIpc) is 2.55. The van der Waals surface area contributed by atoms with Crippen LogP contribution in [0.25, 0.3) is 0 Å². The van der Waals surface area contributed by atoms with Gasteiger partial charge in [-0.25, -0.2) is 13.1 Å². The maximum absolute atomic E-state index is 12.2. The molecule has 0 aliphatic rings. The third-order valence-electron chi connectivity index (χ3n) is 3.34. The molecule has 0 bridgehead atoms. The first kappa shape index (κ1) is 17.2. The third-order valence-corrected chi connectivity index (χ3v) is 4.78. The minimum atomic E-state index is -3.67. The zero-order valence-corrected chi connectivity index (χ0v) is 13.3. The molecule has 0 amide bonds. The van der Waals surface area contributed by atoms with Gasteiger partial charge in [0.05, 0.1) is 23.5 Å². The predicted molar refractivity (Wildman–Crippen MR) is 87.1 cm³/mol. The van der Waals surface area contributed by atoms with Gasteiger partial charge >= 0.3 is 0 Å². The highest BCUT2D eigenvalue weighted by Crippen LogP contribution is 2.11. The Hall–Kier alpha value is -2.20. The SMILES string of the molecule is N#CCc1ccc(S(=O)(=O)NC[C@@H](O)Cc2ccccc2)cc1. The van der Waals surface area contributed by atoms with Crippen LogP contribution in [0.1, 0.15) is 11.1 Å². The van der Waals surface area contributed by atoms with Crippen molar-refractivity contribution in [1.29, 1.82) is 5.26 Å². The van der Waals surface area contributed by atoms with Gasteiger partial charge in [0.1, 0.15) is 0 Å². The molecule has 0 saturated heterocycles. The molecule has 2 aromatic rings. The number of nitrogens with one attached hydrogen (secondary N) is 1. The molecule has 0 aliphatic heterocycles.